The number of hydrogen-bond donors (Lipinski definition) is 1. The summed E-state index contributed by atoms with van der Waals surface area (Å²) < 4.78 is 25.1. The Bertz CT molecular complexity index is 1150. The van der Waals surface area contributed by atoms with Crippen molar-refractivity contribution in [3.8, 4) is 11.5 Å². The maximum Gasteiger partial charge on any atom is 0.262 e. The molecule has 0 aromatic heterocycles. The number of allylic oxidation sites excluding steroid dienone is 1. The van der Waals surface area contributed by atoms with Crippen molar-refractivity contribution in [2.75, 3.05) is 11.9 Å². The first-order chi connectivity index (χ1) is 14.2. The van der Waals surface area contributed by atoms with Crippen molar-refractivity contribution in [1.29, 1.82) is 0 Å². The summed E-state index contributed by atoms with van der Waals surface area (Å²) in [6.45, 7) is 0.409. The molecule has 3 aromatic carbocycles. The largest absolute Gasteiger partial charge is 0.488 e. The van der Waals surface area contributed by atoms with Crippen LogP contribution in [-0.4, -0.2) is 12.5 Å². The van der Waals surface area contributed by atoms with Gasteiger partial charge in [-0.2, -0.15) is 0 Å². The van der Waals surface area contributed by atoms with Gasteiger partial charge < -0.3 is 14.8 Å². The van der Waals surface area contributed by atoms with Gasteiger partial charge in [0.15, 0.2) is 6.61 Å². The minimum Gasteiger partial charge on any atom is -0.488 e. The normalized spacial score (nSPS) is 16.3. The molecule has 5 heteroatoms. The highest BCUT2D eigenvalue weighted by Gasteiger charge is 2.18. The monoisotopic (exact) mass is 387 g/mol. The lowest BCUT2D eigenvalue weighted by Crippen LogP contribution is -2.25. The highest BCUT2D eigenvalue weighted by molar-refractivity contribution is 5.96. The molecule has 0 aliphatic carbocycles. The molecule has 0 saturated heterocycles. The lowest BCUT2D eigenvalue weighted by molar-refractivity contribution is -0.118. The Balaban J connectivity index is 1.60. The molecule has 29 heavy (non-hydrogen) atoms. The van der Waals surface area contributed by atoms with Crippen LogP contribution in [0.4, 0.5) is 10.1 Å². The van der Waals surface area contributed by atoms with Gasteiger partial charge in [-0.15, -0.1) is 0 Å². The minimum absolute atomic E-state index is 0.0359. The second kappa shape index (κ2) is 7.09. The number of benzene rings is 3. The molecule has 1 N–H and O–H groups in total. The van der Waals surface area contributed by atoms with Gasteiger partial charge in [-0.25, -0.2) is 4.39 Å². The number of amides is 1. The first-order valence-corrected chi connectivity index (χ1v) is 9.42. The van der Waals surface area contributed by atoms with Crippen molar-refractivity contribution in [1.82, 2.24) is 0 Å². The Hall–Kier alpha value is -3.60. The average Bonchev–Trinajstić information content (AvgIpc) is 2.72. The van der Waals surface area contributed by atoms with Gasteiger partial charge >= 0.3 is 0 Å². The van der Waals surface area contributed by atoms with Crippen LogP contribution >= 0.6 is 0 Å². The molecular formula is C24H18FNO3. The molecule has 0 spiro atoms. The zero-order valence-electron chi connectivity index (χ0n) is 15.6. The molecule has 144 valence electrons. The van der Waals surface area contributed by atoms with Crippen LogP contribution in [0.2, 0.25) is 0 Å². The third-order valence-corrected chi connectivity index (χ3v) is 5.13. The summed E-state index contributed by atoms with van der Waals surface area (Å²) in [6.07, 6.45) is 2.70. The van der Waals surface area contributed by atoms with Crippen LogP contribution in [0, 0.1) is 5.82 Å². The van der Waals surface area contributed by atoms with Gasteiger partial charge in [0.1, 0.15) is 23.9 Å². The van der Waals surface area contributed by atoms with Crippen LogP contribution in [-0.2, 0) is 17.8 Å². The number of anilines is 1. The summed E-state index contributed by atoms with van der Waals surface area (Å²) in [5, 5.41) is 2.85. The quantitative estimate of drug-likeness (QED) is 0.650. The Labute approximate surface area is 167 Å². The number of hydrogen-bond acceptors (Lipinski definition) is 3. The second-order valence-corrected chi connectivity index (χ2v) is 7.14. The fourth-order valence-electron chi connectivity index (χ4n) is 3.74. The van der Waals surface area contributed by atoms with Gasteiger partial charge in [-0.3, -0.25) is 4.79 Å². The van der Waals surface area contributed by atoms with Gasteiger partial charge in [0.05, 0.1) is 5.69 Å². The van der Waals surface area contributed by atoms with Crippen LogP contribution in [0.1, 0.15) is 22.3 Å². The van der Waals surface area contributed by atoms with Crippen molar-refractivity contribution >= 4 is 23.2 Å². The number of halogens is 1. The Morgan fingerprint density at radius 3 is 2.69 bits per heavy atom. The third-order valence-electron chi connectivity index (χ3n) is 5.13. The SMILES string of the molecule is O=C1COc2ccc(/C=C3/Cc4ccc(F)cc4OCc4ccccc43)cc2N1. The zero-order chi connectivity index (χ0) is 19.8. The van der Waals surface area contributed by atoms with Crippen LogP contribution in [0.15, 0.2) is 60.7 Å². The average molecular weight is 387 g/mol. The molecule has 5 rings (SSSR count). The summed E-state index contributed by atoms with van der Waals surface area (Å²) in [6, 6.07) is 18.5. The van der Waals surface area contributed by atoms with Crippen LogP contribution < -0.4 is 14.8 Å². The topological polar surface area (TPSA) is 47.6 Å². The smallest absolute Gasteiger partial charge is 0.262 e. The van der Waals surface area contributed by atoms with E-state index in [1.54, 1.807) is 6.07 Å². The fraction of sp³-hybridized carbons (Fsp3) is 0.125. The van der Waals surface area contributed by atoms with Crippen LogP contribution in [0.25, 0.3) is 11.6 Å². The first-order valence-electron chi connectivity index (χ1n) is 9.42. The summed E-state index contributed by atoms with van der Waals surface area (Å²) in [5.41, 5.74) is 5.79. The van der Waals surface area contributed by atoms with Crippen LogP contribution in [0.3, 0.4) is 0 Å². The van der Waals surface area contributed by atoms with Gasteiger partial charge in [0.25, 0.3) is 5.91 Å². The molecule has 2 aliphatic rings. The van der Waals surface area contributed by atoms with Gasteiger partial charge in [-0.05, 0) is 46.0 Å². The van der Waals surface area contributed by atoms with Crippen molar-refractivity contribution in [3.05, 3.63) is 88.7 Å². The maximum atomic E-state index is 13.7. The van der Waals surface area contributed by atoms with E-state index in [0.29, 0.717) is 30.2 Å². The van der Waals surface area contributed by atoms with E-state index < -0.39 is 0 Å². The number of fused-ring (bicyclic) bond motifs is 3. The molecule has 1 amide bonds. The lowest BCUT2D eigenvalue weighted by atomic mass is 9.91. The summed E-state index contributed by atoms with van der Waals surface area (Å²) in [5.74, 6) is 0.760. The van der Waals surface area contributed by atoms with E-state index in [0.717, 1.165) is 27.8 Å². The predicted octanol–water partition coefficient (Wildman–Crippen LogP) is 4.83. The molecule has 3 aromatic rings. The molecule has 0 atom stereocenters. The standard InChI is InChI=1S/C24H18FNO3/c25-19-7-6-16-11-18(20-4-2-1-3-17(20)13-28-23(16)12-19)9-15-5-8-22-21(10-15)26-24(27)14-29-22/h1-10,12H,11,13-14H2,(H,26,27)/b18-9-. The molecule has 0 bridgehead atoms. The zero-order valence-corrected chi connectivity index (χ0v) is 15.6. The molecule has 2 heterocycles. The van der Waals surface area contributed by atoms with Crippen molar-refractivity contribution in [3.63, 3.8) is 0 Å². The minimum atomic E-state index is -0.312. The highest BCUT2D eigenvalue weighted by atomic mass is 19.1. The summed E-state index contributed by atoms with van der Waals surface area (Å²) in [4.78, 5) is 11.6. The van der Waals surface area contributed by atoms with Gasteiger partial charge in [0.2, 0.25) is 0 Å². The van der Waals surface area contributed by atoms with E-state index in [2.05, 4.69) is 17.5 Å². The molecule has 0 fully saturated rings. The predicted molar refractivity (Wildman–Crippen MR) is 109 cm³/mol. The summed E-state index contributed by atoms with van der Waals surface area (Å²) >= 11 is 0. The Kier molecular flexibility index (Phi) is 4.28. The molecule has 2 aliphatic heterocycles. The van der Waals surface area contributed by atoms with Crippen molar-refractivity contribution in [2.45, 2.75) is 13.0 Å². The van der Waals surface area contributed by atoms with E-state index >= 15 is 0 Å². The van der Waals surface area contributed by atoms with E-state index in [-0.39, 0.29) is 18.3 Å². The molecule has 4 nitrogen and oxygen atoms in total. The number of carbonyl (C=O) groups is 1. The van der Waals surface area contributed by atoms with E-state index in [4.69, 9.17) is 9.47 Å². The Morgan fingerprint density at radius 2 is 1.76 bits per heavy atom. The molecular weight excluding hydrogens is 369 g/mol. The fourth-order valence-corrected chi connectivity index (χ4v) is 3.74. The van der Waals surface area contributed by atoms with E-state index in [1.165, 1.54) is 12.1 Å². The number of ether oxygens (including phenoxy) is 2. The maximum absolute atomic E-state index is 13.7. The third kappa shape index (κ3) is 3.47. The number of rotatable bonds is 1. The van der Waals surface area contributed by atoms with Crippen LogP contribution in [0.5, 0.6) is 11.5 Å². The van der Waals surface area contributed by atoms with Gasteiger partial charge in [0, 0.05) is 12.5 Å². The number of carbonyl (C=O) groups excluding carboxylic acids is 1. The van der Waals surface area contributed by atoms with E-state index in [1.807, 2.05) is 36.4 Å². The first kappa shape index (κ1) is 17.5. The highest BCUT2D eigenvalue weighted by Crippen LogP contribution is 2.35. The summed E-state index contributed by atoms with van der Waals surface area (Å²) in [7, 11) is 0. The lowest BCUT2D eigenvalue weighted by Gasteiger charge is -2.21. The van der Waals surface area contributed by atoms with Gasteiger partial charge in [-0.1, -0.05) is 42.5 Å². The second-order valence-electron chi connectivity index (χ2n) is 7.14. The van der Waals surface area contributed by atoms with E-state index in [9.17, 15) is 9.18 Å². The van der Waals surface area contributed by atoms with Crippen molar-refractivity contribution < 1.29 is 18.7 Å². The van der Waals surface area contributed by atoms with Crippen molar-refractivity contribution in [2.24, 2.45) is 0 Å². The molecule has 0 saturated carbocycles. The Morgan fingerprint density at radius 1 is 0.897 bits per heavy atom. The molecule has 0 unspecified atom stereocenters. The molecule has 0 radical (unpaired) electrons. The number of nitrogens with one attached hydrogen (secondary N) is 1.